The van der Waals surface area contributed by atoms with Crippen molar-refractivity contribution in [2.75, 3.05) is 19.6 Å². The van der Waals surface area contributed by atoms with Gasteiger partial charge in [-0.15, -0.1) is 0 Å². The number of carbonyl (C=O) groups excluding carboxylic acids is 1. The van der Waals surface area contributed by atoms with E-state index in [-0.39, 0.29) is 28.6 Å². The van der Waals surface area contributed by atoms with Gasteiger partial charge in [0.15, 0.2) is 0 Å². The van der Waals surface area contributed by atoms with E-state index in [1.54, 1.807) is 17.0 Å². The smallest absolute Gasteiger partial charge is 0.317 e. The number of hydroxylamine groups is 2. The van der Waals surface area contributed by atoms with Crippen molar-refractivity contribution in [2.24, 2.45) is 5.41 Å². The van der Waals surface area contributed by atoms with Crippen LogP contribution in [0.1, 0.15) is 45.2 Å². The van der Waals surface area contributed by atoms with Crippen LogP contribution in [-0.2, 0) is 0 Å². The Bertz CT molecular complexity index is 948. The molecule has 7 heteroatoms. The number of nitrogens with zero attached hydrogens (tertiary/aromatic N) is 2. The molecule has 2 heterocycles. The first-order valence-corrected chi connectivity index (χ1v) is 10.7. The first kappa shape index (κ1) is 21.7. The van der Waals surface area contributed by atoms with Crippen molar-refractivity contribution in [1.82, 2.24) is 14.9 Å². The molecule has 0 aromatic heterocycles. The number of nitrogens with one attached hydrogen (secondary N) is 1. The highest BCUT2D eigenvalue weighted by atomic mass is 19.1. The Hall–Kier alpha value is -2.51. The first-order valence-electron chi connectivity index (χ1n) is 10.7. The lowest BCUT2D eigenvalue weighted by Crippen LogP contribution is -2.72. The molecule has 2 amide bonds. The van der Waals surface area contributed by atoms with Gasteiger partial charge in [0, 0.05) is 36.3 Å². The predicted octanol–water partition coefficient (Wildman–Crippen LogP) is 5.12. The van der Waals surface area contributed by atoms with Crippen LogP contribution in [-0.4, -0.2) is 36.1 Å². The lowest BCUT2D eigenvalue weighted by molar-refractivity contribution is -0.0732. The maximum atomic E-state index is 14.0. The molecule has 5 nitrogen and oxygen atoms in total. The van der Waals surface area contributed by atoms with E-state index in [4.69, 9.17) is 0 Å². The van der Waals surface area contributed by atoms with Gasteiger partial charge in [-0.25, -0.2) is 13.6 Å². The molecule has 1 spiro atoms. The number of urea groups is 1. The third-order valence-corrected chi connectivity index (χ3v) is 6.52. The summed E-state index contributed by atoms with van der Waals surface area (Å²) in [5, 5.41) is 17.0. The molecule has 2 fully saturated rings. The van der Waals surface area contributed by atoms with Crippen LogP contribution in [0.4, 0.5) is 19.3 Å². The third kappa shape index (κ3) is 4.04. The van der Waals surface area contributed by atoms with Crippen molar-refractivity contribution in [2.45, 2.75) is 45.2 Å². The fourth-order valence-corrected chi connectivity index (χ4v) is 5.14. The number of quaternary nitrogens is 1. The Morgan fingerprint density at radius 2 is 1.55 bits per heavy atom. The van der Waals surface area contributed by atoms with Crippen molar-refractivity contribution in [3.8, 4) is 0 Å². The topological polar surface area (TPSA) is 55.4 Å². The number of hydrogen-bond acceptors (Lipinski definition) is 2. The van der Waals surface area contributed by atoms with Gasteiger partial charge in [0.2, 0.25) is 0 Å². The molecule has 0 saturated carbocycles. The second kappa shape index (κ2) is 7.57. The molecule has 2 unspecified atom stereocenters. The summed E-state index contributed by atoms with van der Waals surface area (Å²) < 4.78 is 26.4. The minimum Gasteiger partial charge on any atom is -0.627 e. The van der Waals surface area contributed by atoms with Gasteiger partial charge in [-0.1, -0.05) is 12.1 Å². The lowest BCUT2D eigenvalue weighted by atomic mass is 9.62. The third-order valence-electron chi connectivity index (χ3n) is 6.52. The molecule has 2 atom stereocenters. The normalized spacial score (nSPS) is 25.2. The summed E-state index contributed by atoms with van der Waals surface area (Å²) in [6.45, 7) is 7.30. The predicted molar refractivity (Wildman–Crippen MR) is 117 cm³/mol. The number of carbonyl (C=O) groups is 1. The highest BCUT2D eigenvalue weighted by Gasteiger charge is 2.63. The van der Waals surface area contributed by atoms with E-state index in [0.29, 0.717) is 38.2 Å². The Morgan fingerprint density at radius 1 is 1.03 bits per heavy atom. The van der Waals surface area contributed by atoms with E-state index in [1.807, 2.05) is 20.8 Å². The Labute approximate surface area is 181 Å². The van der Waals surface area contributed by atoms with Crippen molar-refractivity contribution in [3.05, 3.63) is 70.9 Å². The number of likely N-dealkylation sites (tertiary alicyclic amines) is 1. The summed E-state index contributed by atoms with van der Waals surface area (Å²) in [4.78, 5) is 14.4. The van der Waals surface area contributed by atoms with Gasteiger partial charge >= 0.3 is 6.03 Å². The lowest BCUT2D eigenvalue weighted by Gasteiger charge is -2.67. The minimum atomic E-state index is -0.597. The Balaban J connectivity index is 1.60. The van der Waals surface area contributed by atoms with Gasteiger partial charge in [0.05, 0.1) is 12.0 Å². The monoisotopic (exact) mass is 429 g/mol. The summed E-state index contributed by atoms with van der Waals surface area (Å²) in [6.07, 6.45) is 1.38. The maximum absolute atomic E-state index is 14.0. The molecule has 1 N–H and O–H groups in total. The number of benzene rings is 2. The maximum Gasteiger partial charge on any atom is 0.317 e. The number of halogens is 2. The van der Waals surface area contributed by atoms with Crippen molar-refractivity contribution in [3.63, 3.8) is 0 Å². The van der Waals surface area contributed by atoms with E-state index < -0.39 is 10.7 Å². The SMILES string of the molecule is CC(C)(C)NC(=O)N1CCC2(CC1)C[N+]([O-])(c1ccc(F)cc1)C2c1ccc(F)cc1. The van der Waals surface area contributed by atoms with Gasteiger partial charge in [0.25, 0.3) is 0 Å². The van der Waals surface area contributed by atoms with Gasteiger partial charge in [0.1, 0.15) is 23.4 Å². The van der Waals surface area contributed by atoms with Crippen LogP contribution in [0.5, 0.6) is 0 Å². The second-order valence-corrected chi connectivity index (χ2v) is 9.91. The van der Waals surface area contributed by atoms with Crippen molar-refractivity contribution < 1.29 is 13.6 Å². The average molecular weight is 430 g/mol. The molecule has 166 valence electrons. The van der Waals surface area contributed by atoms with Crippen LogP contribution < -0.4 is 9.96 Å². The fraction of sp³-hybridized carbons (Fsp3) is 0.458. The second-order valence-electron chi connectivity index (χ2n) is 9.91. The molecule has 2 aromatic rings. The molecule has 0 bridgehead atoms. The number of piperidine rings is 1. The quantitative estimate of drug-likeness (QED) is 0.532. The molecule has 2 aromatic carbocycles. The number of hydrogen-bond donors (Lipinski definition) is 1. The molecule has 0 aliphatic carbocycles. The van der Waals surface area contributed by atoms with E-state index in [1.165, 1.54) is 36.4 Å². The van der Waals surface area contributed by atoms with E-state index in [9.17, 15) is 18.8 Å². The highest BCUT2D eigenvalue weighted by Crippen LogP contribution is 2.60. The summed E-state index contributed by atoms with van der Waals surface area (Å²) in [5.41, 5.74) is 0.670. The number of amides is 2. The van der Waals surface area contributed by atoms with Crippen LogP contribution in [0.2, 0.25) is 0 Å². The van der Waals surface area contributed by atoms with Crippen LogP contribution >= 0.6 is 0 Å². The van der Waals surface area contributed by atoms with Gasteiger partial charge in [-0.2, -0.15) is 0 Å². The van der Waals surface area contributed by atoms with Crippen LogP contribution in [0, 0.1) is 22.3 Å². The summed E-state index contributed by atoms with van der Waals surface area (Å²) in [7, 11) is 0. The van der Waals surface area contributed by atoms with E-state index >= 15 is 0 Å². The Kier molecular flexibility index (Phi) is 5.30. The van der Waals surface area contributed by atoms with E-state index in [2.05, 4.69) is 5.32 Å². The van der Waals surface area contributed by atoms with Crippen molar-refractivity contribution in [1.29, 1.82) is 0 Å². The van der Waals surface area contributed by atoms with Gasteiger partial charge < -0.3 is 20.1 Å². The Morgan fingerprint density at radius 3 is 2.06 bits per heavy atom. The zero-order chi connectivity index (χ0) is 22.4. The molecule has 31 heavy (non-hydrogen) atoms. The van der Waals surface area contributed by atoms with Crippen LogP contribution in [0.3, 0.4) is 0 Å². The first-order chi connectivity index (χ1) is 14.5. The molecule has 0 radical (unpaired) electrons. The summed E-state index contributed by atoms with van der Waals surface area (Å²) in [6, 6.07) is 11.3. The molecule has 2 aliphatic rings. The minimum absolute atomic E-state index is 0.0959. The van der Waals surface area contributed by atoms with Crippen LogP contribution in [0.15, 0.2) is 48.5 Å². The summed E-state index contributed by atoms with van der Waals surface area (Å²) >= 11 is 0. The molecule has 2 saturated heterocycles. The molecular formula is C24H29F2N3O2. The van der Waals surface area contributed by atoms with E-state index in [0.717, 1.165) is 5.56 Å². The zero-order valence-corrected chi connectivity index (χ0v) is 18.2. The average Bonchev–Trinajstić information content (AvgIpc) is 2.69. The molecular weight excluding hydrogens is 400 g/mol. The standard InChI is InChI=1S/C24H29F2N3O2/c1-23(2,3)27-22(30)28-14-12-24(13-15-28)16-29(31,20-10-8-19(26)9-11-20)21(24)17-4-6-18(25)7-5-17/h4-11,21H,12-16H2,1-3H3,(H,27,30). The van der Waals surface area contributed by atoms with Crippen molar-refractivity contribution >= 4 is 11.7 Å². The van der Waals surface area contributed by atoms with Gasteiger partial charge in [-0.05, 0) is 57.9 Å². The van der Waals surface area contributed by atoms with Gasteiger partial charge in [-0.3, -0.25) is 0 Å². The number of rotatable bonds is 2. The molecule has 2 aliphatic heterocycles. The largest absolute Gasteiger partial charge is 0.627 e. The van der Waals surface area contributed by atoms with Crippen LogP contribution in [0.25, 0.3) is 0 Å². The summed E-state index contributed by atoms with van der Waals surface area (Å²) in [5.74, 6) is -0.737. The zero-order valence-electron chi connectivity index (χ0n) is 18.2. The molecule has 4 rings (SSSR count). The fourth-order valence-electron chi connectivity index (χ4n) is 5.14. The highest BCUT2D eigenvalue weighted by molar-refractivity contribution is 5.75.